The number of rotatable bonds is 4. The van der Waals surface area contributed by atoms with E-state index in [9.17, 15) is 9.59 Å². The van der Waals surface area contributed by atoms with Crippen LogP contribution in [0.5, 0.6) is 0 Å². The van der Waals surface area contributed by atoms with Gasteiger partial charge in [0.15, 0.2) is 5.65 Å². The van der Waals surface area contributed by atoms with E-state index in [4.69, 9.17) is 11.6 Å². The predicted octanol–water partition coefficient (Wildman–Crippen LogP) is 1.84. The number of carbonyl (C=O) groups excluding carboxylic acids is 1. The molecule has 7 heteroatoms. The zero-order valence-corrected chi connectivity index (χ0v) is 13.2. The number of carbonyl (C=O) groups is 1. The molecule has 1 aromatic carbocycles. The molecule has 3 aromatic rings. The first kappa shape index (κ1) is 15.3. The van der Waals surface area contributed by atoms with E-state index in [1.54, 1.807) is 25.3 Å². The van der Waals surface area contributed by atoms with Crippen molar-refractivity contribution < 1.29 is 4.79 Å². The highest BCUT2D eigenvalue weighted by Gasteiger charge is 2.14. The highest BCUT2D eigenvalue weighted by molar-refractivity contribution is 6.31. The third-order valence-corrected chi connectivity index (χ3v) is 3.99. The van der Waals surface area contributed by atoms with E-state index in [-0.39, 0.29) is 17.9 Å². The van der Waals surface area contributed by atoms with Crippen LogP contribution >= 0.6 is 11.6 Å². The highest BCUT2D eigenvalue weighted by Crippen LogP contribution is 2.14. The lowest BCUT2D eigenvalue weighted by molar-refractivity contribution is -0.120. The Morgan fingerprint density at radius 1 is 1.35 bits per heavy atom. The standard InChI is InChI=1S/C16H15ClN4O2/c1-10-12(16(23)21-14(20-10)6-7-19-21)8-15(22)18-9-11-4-2-3-5-13(11)17/h2-7,19H,8-9H2,1H3,(H,18,22). The smallest absolute Gasteiger partial charge is 0.276 e. The molecule has 2 aromatic heterocycles. The van der Waals surface area contributed by atoms with Crippen molar-refractivity contribution in [1.29, 1.82) is 0 Å². The third kappa shape index (κ3) is 3.12. The second kappa shape index (κ2) is 6.26. The average molecular weight is 331 g/mol. The van der Waals surface area contributed by atoms with Gasteiger partial charge < -0.3 is 5.32 Å². The summed E-state index contributed by atoms with van der Waals surface area (Å²) < 4.78 is 1.32. The predicted molar refractivity (Wildman–Crippen MR) is 87.6 cm³/mol. The fourth-order valence-electron chi connectivity index (χ4n) is 2.37. The van der Waals surface area contributed by atoms with Crippen molar-refractivity contribution >= 4 is 23.2 Å². The number of halogens is 1. The van der Waals surface area contributed by atoms with Gasteiger partial charge in [0.2, 0.25) is 5.91 Å². The van der Waals surface area contributed by atoms with E-state index < -0.39 is 0 Å². The quantitative estimate of drug-likeness (QED) is 0.766. The van der Waals surface area contributed by atoms with Crippen LogP contribution in [-0.2, 0) is 17.8 Å². The Labute approximate surface area is 137 Å². The Balaban J connectivity index is 1.76. The van der Waals surface area contributed by atoms with Crippen LogP contribution in [0.25, 0.3) is 5.65 Å². The van der Waals surface area contributed by atoms with Crippen molar-refractivity contribution in [2.75, 3.05) is 0 Å². The van der Waals surface area contributed by atoms with Gasteiger partial charge in [0.1, 0.15) is 0 Å². The maximum Gasteiger partial charge on any atom is 0.276 e. The molecule has 0 atom stereocenters. The van der Waals surface area contributed by atoms with Crippen LogP contribution in [0.2, 0.25) is 5.02 Å². The molecule has 0 aliphatic heterocycles. The number of hydrogen-bond donors (Lipinski definition) is 2. The first-order valence-electron chi connectivity index (χ1n) is 7.12. The molecule has 0 aliphatic carbocycles. The summed E-state index contributed by atoms with van der Waals surface area (Å²) in [6.45, 7) is 2.04. The Morgan fingerprint density at radius 3 is 2.91 bits per heavy atom. The zero-order chi connectivity index (χ0) is 16.4. The molecule has 118 valence electrons. The van der Waals surface area contributed by atoms with Gasteiger partial charge in [0.05, 0.1) is 6.42 Å². The Bertz CT molecular complexity index is 929. The summed E-state index contributed by atoms with van der Waals surface area (Å²) in [4.78, 5) is 28.8. The first-order valence-corrected chi connectivity index (χ1v) is 7.50. The summed E-state index contributed by atoms with van der Waals surface area (Å²) in [5.74, 6) is -0.251. The summed E-state index contributed by atoms with van der Waals surface area (Å²) in [5, 5.41) is 6.16. The number of amides is 1. The number of nitrogens with zero attached hydrogens (tertiary/aromatic N) is 2. The lowest BCUT2D eigenvalue weighted by atomic mass is 10.1. The van der Waals surface area contributed by atoms with Crippen LogP contribution in [0.4, 0.5) is 0 Å². The summed E-state index contributed by atoms with van der Waals surface area (Å²) in [5.41, 5.74) is 2.04. The van der Waals surface area contributed by atoms with Crippen LogP contribution in [0.15, 0.2) is 41.3 Å². The van der Waals surface area contributed by atoms with Gasteiger partial charge in [-0.3, -0.25) is 14.7 Å². The van der Waals surface area contributed by atoms with Crippen molar-refractivity contribution in [2.45, 2.75) is 19.9 Å². The van der Waals surface area contributed by atoms with Crippen LogP contribution in [0.1, 0.15) is 16.8 Å². The molecule has 3 rings (SSSR count). The maximum absolute atomic E-state index is 12.4. The second-order valence-electron chi connectivity index (χ2n) is 5.18. The van der Waals surface area contributed by atoms with Crippen LogP contribution in [0.3, 0.4) is 0 Å². The molecule has 0 bridgehead atoms. The minimum atomic E-state index is -0.259. The Kier molecular flexibility index (Phi) is 4.16. The second-order valence-corrected chi connectivity index (χ2v) is 5.59. The van der Waals surface area contributed by atoms with E-state index in [1.165, 1.54) is 4.52 Å². The van der Waals surface area contributed by atoms with Crippen molar-refractivity contribution in [3.05, 3.63) is 68.7 Å². The molecule has 0 fully saturated rings. The summed E-state index contributed by atoms with van der Waals surface area (Å²) in [6, 6.07) is 9.00. The summed E-state index contributed by atoms with van der Waals surface area (Å²) in [7, 11) is 0. The van der Waals surface area contributed by atoms with Crippen molar-refractivity contribution in [3.8, 4) is 0 Å². The molecule has 1 amide bonds. The lowest BCUT2D eigenvalue weighted by Gasteiger charge is -2.08. The maximum atomic E-state index is 12.4. The Hall–Kier alpha value is -2.60. The molecule has 0 spiro atoms. The van der Waals surface area contributed by atoms with Gasteiger partial charge >= 0.3 is 0 Å². The van der Waals surface area contributed by atoms with Crippen molar-refractivity contribution in [3.63, 3.8) is 0 Å². The van der Waals surface area contributed by atoms with E-state index >= 15 is 0 Å². The fraction of sp³-hybridized carbons (Fsp3) is 0.188. The van der Waals surface area contributed by atoms with Crippen LogP contribution < -0.4 is 10.9 Å². The summed E-state index contributed by atoms with van der Waals surface area (Å²) in [6.07, 6.45) is 1.61. The molecule has 2 N–H and O–H groups in total. The number of benzene rings is 1. The van der Waals surface area contributed by atoms with Gasteiger partial charge in [0.25, 0.3) is 5.56 Å². The number of fused-ring (bicyclic) bond motifs is 1. The number of aromatic amines is 1. The first-order chi connectivity index (χ1) is 11.1. The minimum absolute atomic E-state index is 0.0237. The lowest BCUT2D eigenvalue weighted by Crippen LogP contribution is -2.30. The van der Waals surface area contributed by atoms with Gasteiger partial charge in [-0.2, -0.15) is 0 Å². The third-order valence-electron chi connectivity index (χ3n) is 3.62. The fourth-order valence-corrected chi connectivity index (χ4v) is 2.57. The Morgan fingerprint density at radius 2 is 2.13 bits per heavy atom. The van der Waals surface area contributed by atoms with Crippen molar-refractivity contribution in [1.82, 2.24) is 19.9 Å². The number of nitrogens with one attached hydrogen (secondary N) is 2. The van der Waals surface area contributed by atoms with E-state index in [1.807, 2.05) is 18.2 Å². The average Bonchev–Trinajstić information content (AvgIpc) is 2.99. The molecule has 2 heterocycles. The van der Waals surface area contributed by atoms with E-state index in [0.29, 0.717) is 28.5 Å². The molecular weight excluding hydrogens is 316 g/mol. The SMILES string of the molecule is Cc1nc2cc[nH]n2c(=O)c1CC(=O)NCc1ccccc1Cl. The summed E-state index contributed by atoms with van der Waals surface area (Å²) >= 11 is 6.05. The van der Waals surface area contributed by atoms with Gasteiger partial charge in [-0.25, -0.2) is 9.50 Å². The topological polar surface area (TPSA) is 79.3 Å². The molecule has 6 nitrogen and oxygen atoms in total. The number of aromatic nitrogens is 3. The molecule has 0 radical (unpaired) electrons. The van der Waals surface area contributed by atoms with Gasteiger partial charge in [-0.1, -0.05) is 29.8 Å². The van der Waals surface area contributed by atoms with Gasteiger partial charge in [-0.05, 0) is 18.6 Å². The molecule has 0 saturated heterocycles. The molecule has 23 heavy (non-hydrogen) atoms. The number of aryl methyl sites for hydroxylation is 1. The van der Waals surface area contributed by atoms with E-state index in [0.717, 1.165) is 5.56 Å². The minimum Gasteiger partial charge on any atom is -0.352 e. The molecule has 0 unspecified atom stereocenters. The van der Waals surface area contributed by atoms with Crippen LogP contribution in [-0.4, -0.2) is 20.5 Å². The van der Waals surface area contributed by atoms with E-state index in [2.05, 4.69) is 15.4 Å². The molecule has 0 saturated carbocycles. The zero-order valence-electron chi connectivity index (χ0n) is 12.5. The van der Waals surface area contributed by atoms with Crippen LogP contribution in [0, 0.1) is 6.92 Å². The molecular formula is C16H15ClN4O2. The highest BCUT2D eigenvalue weighted by atomic mass is 35.5. The monoisotopic (exact) mass is 330 g/mol. The van der Waals surface area contributed by atoms with Crippen molar-refractivity contribution in [2.24, 2.45) is 0 Å². The van der Waals surface area contributed by atoms with Gasteiger partial charge in [0, 0.05) is 35.1 Å². The largest absolute Gasteiger partial charge is 0.352 e. The normalized spacial score (nSPS) is 10.9. The van der Waals surface area contributed by atoms with Gasteiger partial charge in [-0.15, -0.1) is 0 Å². The number of hydrogen-bond acceptors (Lipinski definition) is 3. The number of H-pyrrole nitrogens is 1. The molecule has 0 aliphatic rings.